The van der Waals surface area contributed by atoms with Gasteiger partial charge in [-0.25, -0.2) is 13.1 Å². The molecule has 0 saturated carbocycles. The van der Waals surface area contributed by atoms with Gasteiger partial charge in [-0.05, 0) is 45.4 Å². The third-order valence-corrected chi connectivity index (χ3v) is 8.30. The van der Waals surface area contributed by atoms with Gasteiger partial charge in [0.05, 0.1) is 20.4 Å². The molecule has 0 amide bonds. The van der Waals surface area contributed by atoms with Crippen molar-refractivity contribution in [1.29, 1.82) is 0 Å². The Bertz CT molecular complexity index is 1430. The van der Waals surface area contributed by atoms with Crippen molar-refractivity contribution >= 4 is 27.2 Å². The number of rotatable bonds is 6. The number of hydrogen-bond donors (Lipinski definition) is 0. The highest BCUT2D eigenvalue weighted by molar-refractivity contribution is 7.89. The zero-order valence-electron chi connectivity index (χ0n) is 20.1. The highest BCUT2D eigenvalue weighted by Gasteiger charge is 2.33. The molecule has 190 valence electrons. The van der Waals surface area contributed by atoms with Crippen LogP contribution < -0.4 is 4.90 Å². The fourth-order valence-electron chi connectivity index (χ4n) is 4.04. The second kappa shape index (κ2) is 9.23. The molecule has 2 aromatic heterocycles. The Balaban J connectivity index is 1.52. The molecular weight excluding hydrogens is 492 g/mol. The van der Waals surface area contributed by atoms with Crippen LogP contribution in [0.3, 0.4) is 0 Å². The van der Waals surface area contributed by atoms with Crippen LogP contribution in [0.5, 0.6) is 0 Å². The van der Waals surface area contributed by atoms with Crippen LogP contribution in [0.1, 0.15) is 22.5 Å². The molecule has 0 bridgehead atoms. The van der Waals surface area contributed by atoms with Crippen LogP contribution in [0.15, 0.2) is 29.2 Å². The maximum atomic E-state index is 13.2. The minimum Gasteiger partial charge on any atom is -0.352 e. The molecule has 3 heterocycles. The molecule has 0 N–H and O–H groups in total. The largest absolute Gasteiger partial charge is 0.352 e. The summed E-state index contributed by atoms with van der Waals surface area (Å²) >= 11 is 0. The molecule has 15 heteroatoms. The predicted molar refractivity (Wildman–Crippen MR) is 129 cm³/mol. The summed E-state index contributed by atoms with van der Waals surface area (Å²) in [4.78, 5) is 22.4. The fourth-order valence-corrected chi connectivity index (χ4v) is 5.50. The van der Waals surface area contributed by atoms with Crippen molar-refractivity contribution in [2.24, 2.45) is 0 Å². The Kier molecular flexibility index (Phi) is 6.44. The number of sulfonamides is 1. The second-order valence-corrected chi connectivity index (χ2v) is 10.4. The molecular formula is C21H24N8O6S. The number of aromatic nitrogens is 4. The van der Waals surface area contributed by atoms with Crippen molar-refractivity contribution in [3.63, 3.8) is 0 Å². The van der Waals surface area contributed by atoms with Crippen molar-refractivity contribution in [2.75, 3.05) is 31.1 Å². The molecule has 36 heavy (non-hydrogen) atoms. The topological polar surface area (TPSA) is 170 Å². The molecule has 1 aromatic carbocycles. The molecule has 0 unspecified atom stereocenters. The SMILES string of the molecule is Cc1nn(-c2ccc(N3CCN(S(=O)(=O)c4cc([N+](=O)[O-])c(C)c([N+](=O)[O-])c4)CC3)nn2)c(C)c1C. The fraction of sp³-hybridized carbons (Fsp3) is 0.381. The lowest BCUT2D eigenvalue weighted by Crippen LogP contribution is -2.49. The Morgan fingerprint density at radius 3 is 1.81 bits per heavy atom. The predicted octanol–water partition coefficient (Wildman–Crippen LogP) is 2.22. The highest BCUT2D eigenvalue weighted by atomic mass is 32.2. The van der Waals surface area contributed by atoms with Gasteiger partial charge in [-0.15, -0.1) is 10.2 Å². The standard InChI is InChI=1S/C21H24N8O6S/c1-13-15(3)24-27(16(13)4)21-6-5-20(22-23-21)25-7-9-26(10-8-25)36(34,35)17-11-18(28(30)31)14(2)19(12-17)29(32)33/h5-6,11-12H,7-10H2,1-4H3. The Morgan fingerprint density at radius 1 is 0.833 bits per heavy atom. The zero-order chi connectivity index (χ0) is 26.4. The Hall–Kier alpha value is -3.98. The van der Waals surface area contributed by atoms with Gasteiger partial charge in [0.2, 0.25) is 10.0 Å². The van der Waals surface area contributed by atoms with Crippen LogP contribution in [-0.4, -0.2) is 68.7 Å². The molecule has 1 aliphatic rings. The number of hydrogen-bond acceptors (Lipinski definition) is 10. The van der Waals surface area contributed by atoms with Crippen molar-refractivity contribution in [3.8, 4) is 5.82 Å². The average Bonchev–Trinajstić information content (AvgIpc) is 3.11. The number of nitro benzene ring substituents is 2. The highest BCUT2D eigenvalue weighted by Crippen LogP contribution is 2.33. The van der Waals surface area contributed by atoms with E-state index in [1.54, 1.807) is 16.8 Å². The van der Waals surface area contributed by atoms with Crippen molar-refractivity contribution in [3.05, 3.63) is 67.0 Å². The quantitative estimate of drug-likeness (QED) is 0.349. The number of nitro groups is 2. The molecule has 1 fully saturated rings. The van der Waals surface area contributed by atoms with E-state index in [9.17, 15) is 28.6 Å². The summed E-state index contributed by atoms with van der Waals surface area (Å²) in [6.45, 7) is 7.79. The Labute approximate surface area is 206 Å². The smallest absolute Gasteiger partial charge is 0.280 e. The van der Waals surface area contributed by atoms with E-state index in [2.05, 4.69) is 15.3 Å². The van der Waals surface area contributed by atoms with E-state index >= 15 is 0 Å². The summed E-state index contributed by atoms with van der Waals surface area (Å²) in [5.41, 5.74) is 1.50. The summed E-state index contributed by atoms with van der Waals surface area (Å²) < 4.78 is 29.2. The van der Waals surface area contributed by atoms with Crippen molar-refractivity contribution < 1.29 is 18.3 Å². The first-order chi connectivity index (χ1) is 16.9. The Morgan fingerprint density at radius 2 is 1.36 bits per heavy atom. The van der Waals surface area contributed by atoms with Crippen LogP contribution in [0, 0.1) is 47.9 Å². The third-order valence-electron chi connectivity index (χ3n) is 6.43. The van der Waals surface area contributed by atoms with Crippen LogP contribution >= 0.6 is 0 Å². The van der Waals surface area contributed by atoms with Crippen LogP contribution in [0.25, 0.3) is 5.82 Å². The molecule has 0 aliphatic carbocycles. The summed E-state index contributed by atoms with van der Waals surface area (Å²) in [5, 5.41) is 35.7. The van der Waals surface area contributed by atoms with Gasteiger partial charge in [0.1, 0.15) is 5.56 Å². The summed E-state index contributed by atoms with van der Waals surface area (Å²) in [5.74, 6) is 1.13. The number of piperazine rings is 1. The number of anilines is 1. The number of nitrogens with zero attached hydrogens (tertiary/aromatic N) is 8. The van der Waals surface area contributed by atoms with Gasteiger partial charge in [0.15, 0.2) is 11.6 Å². The van der Waals surface area contributed by atoms with E-state index in [4.69, 9.17) is 0 Å². The minimum absolute atomic E-state index is 0.0674. The van der Waals surface area contributed by atoms with Crippen molar-refractivity contribution in [1.82, 2.24) is 24.3 Å². The minimum atomic E-state index is -4.20. The van der Waals surface area contributed by atoms with Crippen LogP contribution in [0.4, 0.5) is 17.2 Å². The lowest BCUT2D eigenvalue weighted by atomic mass is 10.1. The summed E-state index contributed by atoms with van der Waals surface area (Å²) in [6.07, 6.45) is 0. The zero-order valence-corrected chi connectivity index (χ0v) is 20.9. The molecule has 0 atom stereocenters. The van der Waals surface area contributed by atoms with E-state index in [0.29, 0.717) is 24.7 Å². The molecule has 3 aromatic rings. The normalized spacial score (nSPS) is 14.7. The first-order valence-corrected chi connectivity index (χ1v) is 12.4. The first kappa shape index (κ1) is 25.1. The number of aryl methyl sites for hydroxylation is 1. The molecule has 1 saturated heterocycles. The number of benzene rings is 1. The maximum absolute atomic E-state index is 13.2. The summed E-state index contributed by atoms with van der Waals surface area (Å²) in [6, 6.07) is 5.31. The van der Waals surface area contributed by atoms with Crippen LogP contribution in [0.2, 0.25) is 0 Å². The van der Waals surface area contributed by atoms with E-state index in [-0.39, 0.29) is 18.7 Å². The van der Waals surface area contributed by atoms with Crippen LogP contribution in [-0.2, 0) is 10.0 Å². The lowest BCUT2D eigenvalue weighted by molar-refractivity contribution is -0.395. The first-order valence-electron chi connectivity index (χ1n) is 11.0. The molecule has 1 aliphatic heterocycles. The third kappa shape index (κ3) is 4.37. The molecule has 14 nitrogen and oxygen atoms in total. The average molecular weight is 517 g/mol. The molecule has 0 radical (unpaired) electrons. The van der Waals surface area contributed by atoms with Gasteiger partial charge in [-0.1, -0.05) is 0 Å². The van der Waals surface area contributed by atoms with Gasteiger partial charge in [-0.3, -0.25) is 20.2 Å². The van der Waals surface area contributed by atoms with Crippen molar-refractivity contribution in [2.45, 2.75) is 32.6 Å². The van der Waals surface area contributed by atoms with E-state index in [1.165, 1.54) is 6.92 Å². The second-order valence-electron chi connectivity index (χ2n) is 8.45. The maximum Gasteiger partial charge on any atom is 0.280 e. The van der Waals surface area contributed by atoms with Gasteiger partial charge < -0.3 is 4.90 Å². The monoisotopic (exact) mass is 516 g/mol. The lowest BCUT2D eigenvalue weighted by Gasteiger charge is -2.34. The van der Waals surface area contributed by atoms with Gasteiger partial charge in [-0.2, -0.15) is 9.40 Å². The van der Waals surface area contributed by atoms with Gasteiger partial charge in [0, 0.05) is 44.0 Å². The van der Waals surface area contributed by atoms with Gasteiger partial charge in [0.25, 0.3) is 11.4 Å². The van der Waals surface area contributed by atoms with E-state index in [0.717, 1.165) is 33.4 Å². The summed E-state index contributed by atoms with van der Waals surface area (Å²) in [7, 11) is -4.20. The molecule has 4 rings (SSSR count). The van der Waals surface area contributed by atoms with E-state index in [1.807, 2.05) is 25.7 Å². The molecule has 0 spiro atoms. The van der Waals surface area contributed by atoms with Gasteiger partial charge >= 0.3 is 0 Å². The van der Waals surface area contributed by atoms with E-state index < -0.39 is 36.1 Å².